The maximum Gasteiger partial charge on any atom is 0.267 e. The monoisotopic (exact) mass is 379 g/mol. The second-order valence-electron chi connectivity index (χ2n) is 7.79. The fourth-order valence-electron chi connectivity index (χ4n) is 4.90. The van der Waals surface area contributed by atoms with Crippen molar-refractivity contribution in [1.29, 1.82) is 5.26 Å². The van der Waals surface area contributed by atoms with Gasteiger partial charge in [-0.2, -0.15) is 0 Å². The number of nitrogens with one attached hydrogen (secondary N) is 1. The number of anilines is 1. The topological polar surface area (TPSA) is 73.2 Å². The second-order valence-corrected chi connectivity index (χ2v) is 7.79. The Labute approximate surface area is 168 Å². The molecular formula is C22H30BN3O2. The summed E-state index contributed by atoms with van der Waals surface area (Å²) in [6.07, 6.45) is 7.23. The average Bonchev–Trinajstić information content (AvgIpc) is 2.75. The molecule has 1 aromatic carbocycles. The molecule has 5 nitrogen and oxygen atoms in total. The van der Waals surface area contributed by atoms with Crippen LogP contribution in [-0.4, -0.2) is 31.1 Å². The average molecular weight is 379 g/mol. The van der Waals surface area contributed by atoms with Crippen LogP contribution in [0.15, 0.2) is 18.2 Å². The first-order valence-corrected chi connectivity index (χ1v) is 10.8. The largest absolute Gasteiger partial charge is 0.359 e. The number of nitriles is 1. The number of benzene rings is 1. The summed E-state index contributed by atoms with van der Waals surface area (Å²) in [5, 5.41) is 11.6. The van der Waals surface area contributed by atoms with E-state index >= 15 is 0 Å². The Morgan fingerprint density at radius 2 is 1.89 bits per heavy atom. The fraction of sp³-hybridized carbons (Fsp3) is 0.591. The van der Waals surface area contributed by atoms with E-state index in [0.717, 1.165) is 44.9 Å². The lowest BCUT2D eigenvalue weighted by atomic mass is 9.41. The van der Waals surface area contributed by atoms with Crippen LogP contribution in [0.4, 0.5) is 5.69 Å². The van der Waals surface area contributed by atoms with Crippen LogP contribution in [0.5, 0.6) is 0 Å². The predicted molar refractivity (Wildman–Crippen MR) is 113 cm³/mol. The van der Waals surface area contributed by atoms with Gasteiger partial charge in [0, 0.05) is 24.6 Å². The molecular weight excluding hydrogens is 349 g/mol. The highest BCUT2D eigenvalue weighted by atomic mass is 16.2. The van der Waals surface area contributed by atoms with Gasteiger partial charge in [-0.05, 0) is 42.4 Å². The summed E-state index contributed by atoms with van der Waals surface area (Å²) in [5.74, 6) is 2.62. The van der Waals surface area contributed by atoms with Crippen molar-refractivity contribution in [2.45, 2.75) is 77.0 Å². The molecule has 148 valence electrons. The summed E-state index contributed by atoms with van der Waals surface area (Å²) in [4.78, 5) is 26.1. The van der Waals surface area contributed by atoms with E-state index in [4.69, 9.17) is 5.26 Å². The lowest BCUT2D eigenvalue weighted by Crippen LogP contribution is -2.54. The van der Waals surface area contributed by atoms with Crippen LogP contribution in [0, 0.1) is 11.2 Å². The van der Waals surface area contributed by atoms with E-state index in [2.05, 4.69) is 34.4 Å². The van der Waals surface area contributed by atoms with Crippen molar-refractivity contribution < 1.29 is 9.59 Å². The summed E-state index contributed by atoms with van der Waals surface area (Å²) < 4.78 is 0. The number of carbonyl (C=O) groups excluding carboxylic acids is 2. The van der Waals surface area contributed by atoms with Crippen molar-refractivity contribution in [1.82, 2.24) is 5.32 Å². The number of fused-ring (bicyclic) bond motifs is 1. The highest BCUT2D eigenvalue weighted by Gasteiger charge is 2.35. The number of amides is 2. The van der Waals surface area contributed by atoms with E-state index in [9.17, 15) is 9.59 Å². The number of rotatable bonds is 2. The molecule has 0 spiro atoms. The zero-order valence-corrected chi connectivity index (χ0v) is 17.0. The SMILES string of the molecule is CC.N#CB1CCC(c2cccc3c2CCCN3C2CCC(=O)NC2=O)CC1. The molecule has 1 N–H and O–H groups in total. The zero-order chi connectivity index (χ0) is 20.1. The third-order valence-corrected chi connectivity index (χ3v) is 6.26. The highest BCUT2D eigenvalue weighted by Crippen LogP contribution is 2.40. The molecule has 2 amide bonds. The van der Waals surface area contributed by atoms with Gasteiger partial charge in [0.1, 0.15) is 6.04 Å². The Hall–Kier alpha value is -2.29. The second kappa shape index (κ2) is 9.27. The predicted octanol–water partition coefficient (Wildman–Crippen LogP) is 3.71. The number of hydrogen-bond donors (Lipinski definition) is 1. The minimum Gasteiger partial charge on any atom is -0.359 e. The molecule has 0 saturated carbocycles. The zero-order valence-electron chi connectivity index (χ0n) is 17.0. The van der Waals surface area contributed by atoms with Crippen LogP contribution in [0.3, 0.4) is 0 Å². The molecule has 2 fully saturated rings. The van der Waals surface area contributed by atoms with Gasteiger partial charge in [-0.15, -0.1) is 0 Å². The highest BCUT2D eigenvalue weighted by molar-refractivity contribution is 6.67. The van der Waals surface area contributed by atoms with Gasteiger partial charge in [0.05, 0.1) is 0 Å². The molecule has 0 bridgehead atoms. The summed E-state index contributed by atoms with van der Waals surface area (Å²) >= 11 is 0. The molecule has 28 heavy (non-hydrogen) atoms. The van der Waals surface area contributed by atoms with E-state index in [-0.39, 0.29) is 24.6 Å². The molecule has 4 rings (SSSR count). The van der Waals surface area contributed by atoms with Crippen LogP contribution in [0.25, 0.3) is 0 Å². The van der Waals surface area contributed by atoms with E-state index in [1.807, 2.05) is 13.8 Å². The maximum atomic E-state index is 12.4. The Balaban J connectivity index is 0.00000109. The molecule has 0 radical (unpaired) electrons. The third kappa shape index (κ3) is 4.09. The van der Waals surface area contributed by atoms with Crippen molar-refractivity contribution in [3.8, 4) is 5.97 Å². The van der Waals surface area contributed by atoms with Crippen molar-refractivity contribution in [2.24, 2.45) is 0 Å². The maximum absolute atomic E-state index is 12.4. The Bertz CT molecular complexity index is 766. The van der Waals surface area contributed by atoms with Gasteiger partial charge in [-0.25, -0.2) is 5.26 Å². The van der Waals surface area contributed by atoms with Crippen LogP contribution < -0.4 is 10.2 Å². The fourth-order valence-corrected chi connectivity index (χ4v) is 4.90. The number of piperidine rings is 1. The molecule has 0 aliphatic carbocycles. The van der Waals surface area contributed by atoms with Crippen molar-refractivity contribution in [3.05, 3.63) is 29.3 Å². The quantitative estimate of drug-likeness (QED) is 0.628. The first-order valence-electron chi connectivity index (χ1n) is 10.8. The van der Waals surface area contributed by atoms with Crippen molar-refractivity contribution in [3.63, 3.8) is 0 Å². The number of hydrogen-bond acceptors (Lipinski definition) is 4. The standard InChI is InChI=1S/C20H24BN3O2.C2H6/c22-13-21-10-8-14(9-11-21)15-3-1-5-17-16(15)4-2-12-24(17)18-6-7-19(25)23-20(18)26;1-2/h1,3,5,14,18H,2,4,6-12H2,(H,23,25,26);1-2H3. The summed E-state index contributed by atoms with van der Waals surface area (Å²) in [6.45, 7) is 5.08. The normalized spacial score (nSPS) is 22.5. The van der Waals surface area contributed by atoms with E-state index in [1.165, 1.54) is 16.8 Å². The smallest absolute Gasteiger partial charge is 0.267 e. The van der Waals surface area contributed by atoms with Gasteiger partial charge in [-0.1, -0.05) is 51.5 Å². The minimum atomic E-state index is -0.240. The Kier molecular flexibility index (Phi) is 6.77. The van der Waals surface area contributed by atoms with Gasteiger partial charge < -0.3 is 4.90 Å². The van der Waals surface area contributed by atoms with Gasteiger partial charge in [0.15, 0.2) is 0 Å². The van der Waals surface area contributed by atoms with Gasteiger partial charge in [0.2, 0.25) is 11.8 Å². The van der Waals surface area contributed by atoms with Crippen LogP contribution >= 0.6 is 0 Å². The third-order valence-electron chi connectivity index (χ3n) is 6.26. The van der Waals surface area contributed by atoms with Crippen LogP contribution in [0.1, 0.15) is 63.0 Å². The van der Waals surface area contributed by atoms with Crippen molar-refractivity contribution >= 4 is 24.2 Å². The first kappa shape index (κ1) is 20.4. The number of imide groups is 1. The van der Waals surface area contributed by atoms with Gasteiger partial charge in [-0.3, -0.25) is 14.9 Å². The summed E-state index contributed by atoms with van der Waals surface area (Å²) in [6, 6.07) is 6.23. The van der Waals surface area contributed by atoms with E-state index in [0.29, 0.717) is 18.8 Å². The molecule has 3 aliphatic rings. The van der Waals surface area contributed by atoms with Gasteiger partial charge in [0.25, 0.3) is 6.71 Å². The summed E-state index contributed by atoms with van der Waals surface area (Å²) in [7, 11) is 0. The summed E-state index contributed by atoms with van der Waals surface area (Å²) in [5.41, 5.74) is 3.96. The number of carbonyl (C=O) groups is 2. The molecule has 3 heterocycles. The molecule has 1 atom stereocenters. The molecule has 0 aromatic heterocycles. The lowest BCUT2D eigenvalue weighted by Gasteiger charge is -2.40. The number of nitrogens with zero attached hydrogens (tertiary/aromatic N) is 2. The van der Waals surface area contributed by atoms with Crippen LogP contribution in [-0.2, 0) is 16.0 Å². The van der Waals surface area contributed by atoms with Crippen molar-refractivity contribution in [2.75, 3.05) is 11.4 Å². The Morgan fingerprint density at radius 1 is 1.14 bits per heavy atom. The molecule has 1 aromatic rings. The first-order chi connectivity index (χ1) is 13.7. The molecule has 3 aliphatic heterocycles. The van der Waals surface area contributed by atoms with Gasteiger partial charge >= 0.3 is 0 Å². The Morgan fingerprint density at radius 3 is 2.57 bits per heavy atom. The molecule has 2 saturated heterocycles. The lowest BCUT2D eigenvalue weighted by molar-refractivity contribution is -0.134. The van der Waals surface area contributed by atoms with Crippen LogP contribution in [0.2, 0.25) is 12.6 Å². The van der Waals surface area contributed by atoms with E-state index < -0.39 is 0 Å². The van der Waals surface area contributed by atoms with E-state index in [1.54, 1.807) is 0 Å². The minimum absolute atomic E-state index is 0.158. The molecule has 6 heteroatoms. The molecule has 1 unspecified atom stereocenters.